The van der Waals surface area contributed by atoms with E-state index in [1.165, 1.54) is 12.8 Å². The summed E-state index contributed by atoms with van der Waals surface area (Å²) in [6.07, 6.45) is 4.44. The average molecular weight is 318 g/mol. The summed E-state index contributed by atoms with van der Waals surface area (Å²) in [7, 11) is 0. The first-order valence-corrected chi connectivity index (χ1v) is 8.63. The zero-order chi connectivity index (χ0) is 16.8. The molecule has 1 rings (SSSR count). The Labute approximate surface area is 140 Å². The molecule has 0 saturated carbocycles. The van der Waals surface area contributed by atoms with Crippen LogP contribution in [0.2, 0.25) is 0 Å². The molecule has 3 N–H and O–H groups in total. The summed E-state index contributed by atoms with van der Waals surface area (Å²) in [5, 5.41) is 9.48. The Morgan fingerprint density at radius 1 is 0.957 bits per heavy atom. The van der Waals surface area contributed by atoms with E-state index in [-0.39, 0.29) is 5.91 Å². The van der Waals surface area contributed by atoms with Crippen molar-refractivity contribution in [3.8, 4) is 0 Å². The summed E-state index contributed by atoms with van der Waals surface area (Å²) in [4.78, 5) is 16.4. The molecule has 0 aliphatic heterocycles. The third kappa shape index (κ3) is 8.86. The summed E-state index contributed by atoms with van der Waals surface area (Å²) < 4.78 is 0. The minimum Gasteiger partial charge on any atom is -0.357 e. The number of nitrogens with one attached hydrogen (secondary N) is 3. The van der Waals surface area contributed by atoms with Crippen LogP contribution in [0, 0.1) is 0 Å². The van der Waals surface area contributed by atoms with Crippen LogP contribution in [0.1, 0.15) is 49.9 Å². The Hall–Kier alpha value is -2.04. The number of unbranched alkanes of at least 4 members (excludes halogenated alkanes) is 2. The molecule has 0 fully saturated rings. The van der Waals surface area contributed by atoms with Crippen LogP contribution in [0.5, 0.6) is 0 Å². The number of carbonyl (C=O) groups is 1. The highest BCUT2D eigenvalue weighted by Gasteiger charge is 2.02. The highest BCUT2D eigenvalue weighted by molar-refractivity contribution is 5.94. The van der Waals surface area contributed by atoms with Crippen LogP contribution in [-0.4, -0.2) is 38.0 Å². The molecule has 0 aromatic heterocycles. The maximum atomic E-state index is 11.9. The third-order valence-corrected chi connectivity index (χ3v) is 3.34. The molecule has 0 atom stereocenters. The number of aliphatic imine (C=N–C) groups is 1. The number of rotatable bonds is 10. The molecule has 0 spiro atoms. The molecule has 5 heteroatoms. The van der Waals surface area contributed by atoms with Gasteiger partial charge in [-0.25, -0.2) is 0 Å². The molecule has 128 valence electrons. The Morgan fingerprint density at radius 2 is 1.70 bits per heavy atom. The maximum Gasteiger partial charge on any atom is 0.251 e. The predicted octanol–water partition coefficient (Wildman–Crippen LogP) is 2.55. The lowest BCUT2D eigenvalue weighted by molar-refractivity contribution is 0.0953. The van der Waals surface area contributed by atoms with Gasteiger partial charge in [0.2, 0.25) is 0 Å². The molecule has 0 aliphatic carbocycles. The van der Waals surface area contributed by atoms with Gasteiger partial charge in [-0.1, -0.05) is 38.0 Å². The fraction of sp³-hybridized carbons (Fsp3) is 0.556. The Morgan fingerprint density at radius 3 is 2.39 bits per heavy atom. The summed E-state index contributed by atoms with van der Waals surface area (Å²) in [5.74, 6) is 0.831. The van der Waals surface area contributed by atoms with Crippen molar-refractivity contribution in [2.45, 2.75) is 39.5 Å². The highest BCUT2D eigenvalue weighted by Crippen LogP contribution is 1.97. The van der Waals surface area contributed by atoms with Gasteiger partial charge in [0, 0.05) is 31.7 Å². The molecule has 0 heterocycles. The predicted molar refractivity (Wildman–Crippen MR) is 96.9 cm³/mol. The van der Waals surface area contributed by atoms with Crippen LogP contribution in [0.15, 0.2) is 35.3 Å². The molecular weight excluding hydrogens is 288 g/mol. The van der Waals surface area contributed by atoms with Crippen LogP contribution in [-0.2, 0) is 0 Å². The fourth-order valence-electron chi connectivity index (χ4n) is 2.09. The monoisotopic (exact) mass is 318 g/mol. The molecule has 0 aliphatic rings. The van der Waals surface area contributed by atoms with Crippen LogP contribution in [0.3, 0.4) is 0 Å². The van der Waals surface area contributed by atoms with Crippen molar-refractivity contribution in [2.75, 3.05) is 26.2 Å². The second-order valence-corrected chi connectivity index (χ2v) is 5.37. The number of benzene rings is 1. The van der Waals surface area contributed by atoms with Gasteiger partial charge in [0.15, 0.2) is 5.96 Å². The zero-order valence-corrected chi connectivity index (χ0v) is 14.4. The van der Waals surface area contributed by atoms with Crippen molar-refractivity contribution in [1.29, 1.82) is 0 Å². The van der Waals surface area contributed by atoms with E-state index in [1.54, 1.807) is 0 Å². The zero-order valence-electron chi connectivity index (χ0n) is 14.4. The SMILES string of the molecule is CCCCCNC(=NCCCNC(=O)c1ccccc1)NCC. The van der Waals surface area contributed by atoms with Crippen molar-refractivity contribution in [1.82, 2.24) is 16.0 Å². The van der Waals surface area contributed by atoms with Crippen molar-refractivity contribution >= 4 is 11.9 Å². The Balaban J connectivity index is 2.22. The van der Waals surface area contributed by atoms with Crippen LogP contribution in [0.4, 0.5) is 0 Å². The average Bonchev–Trinajstić information content (AvgIpc) is 2.58. The fourth-order valence-corrected chi connectivity index (χ4v) is 2.09. The normalized spacial score (nSPS) is 11.1. The van der Waals surface area contributed by atoms with E-state index in [2.05, 4.69) is 34.8 Å². The maximum absolute atomic E-state index is 11.9. The molecule has 0 saturated heterocycles. The van der Waals surface area contributed by atoms with Crippen molar-refractivity contribution in [3.63, 3.8) is 0 Å². The van der Waals surface area contributed by atoms with Crippen LogP contribution >= 0.6 is 0 Å². The molecule has 23 heavy (non-hydrogen) atoms. The lowest BCUT2D eigenvalue weighted by Gasteiger charge is -2.11. The Bertz CT molecular complexity index is 459. The number of hydrogen-bond acceptors (Lipinski definition) is 2. The van der Waals surface area contributed by atoms with Gasteiger partial charge in [-0.15, -0.1) is 0 Å². The van der Waals surface area contributed by atoms with Crippen molar-refractivity contribution < 1.29 is 4.79 Å². The van der Waals surface area contributed by atoms with Crippen LogP contribution in [0.25, 0.3) is 0 Å². The molecule has 0 bridgehead atoms. The van der Waals surface area contributed by atoms with Crippen molar-refractivity contribution in [2.24, 2.45) is 4.99 Å². The summed E-state index contributed by atoms with van der Waals surface area (Å²) in [6, 6.07) is 9.27. The first-order chi connectivity index (χ1) is 11.3. The largest absolute Gasteiger partial charge is 0.357 e. The minimum absolute atomic E-state index is 0.0285. The number of hydrogen-bond donors (Lipinski definition) is 3. The first kappa shape index (κ1) is 19.0. The lowest BCUT2D eigenvalue weighted by atomic mass is 10.2. The molecule has 5 nitrogen and oxygen atoms in total. The van der Waals surface area contributed by atoms with Gasteiger partial charge in [-0.2, -0.15) is 0 Å². The van der Waals surface area contributed by atoms with Gasteiger partial charge >= 0.3 is 0 Å². The van der Waals surface area contributed by atoms with Gasteiger partial charge in [0.1, 0.15) is 0 Å². The molecule has 1 aromatic carbocycles. The van der Waals surface area contributed by atoms with Gasteiger partial charge in [0.25, 0.3) is 5.91 Å². The number of amides is 1. The van der Waals surface area contributed by atoms with Gasteiger partial charge in [-0.3, -0.25) is 9.79 Å². The smallest absolute Gasteiger partial charge is 0.251 e. The van der Waals surface area contributed by atoms with E-state index in [0.29, 0.717) is 18.7 Å². The highest BCUT2D eigenvalue weighted by atomic mass is 16.1. The minimum atomic E-state index is -0.0285. The van der Waals surface area contributed by atoms with E-state index in [1.807, 2.05) is 30.3 Å². The lowest BCUT2D eigenvalue weighted by Crippen LogP contribution is -2.38. The molecular formula is C18H30N4O. The second-order valence-electron chi connectivity index (χ2n) is 5.37. The molecule has 0 radical (unpaired) electrons. The van der Waals surface area contributed by atoms with Gasteiger partial charge in [-0.05, 0) is 31.9 Å². The first-order valence-electron chi connectivity index (χ1n) is 8.63. The topological polar surface area (TPSA) is 65.5 Å². The summed E-state index contributed by atoms with van der Waals surface area (Å²) in [5.41, 5.74) is 0.696. The Kier molecular flexibility index (Phi) is 10.3. The number of nitrogens with zero attached hydrogens (tertiary/aromatic N) is 1. The van der Waals surface area contributed by atoms with E-state index in [4.69, 9.17) is 0 Å². The molecule has 0 unspecified atom stereocenters. The van der Waals surface area contributed by atoms with Gasteiger partial charge < -0.3 is 16.0 Å². The number of guanidine groups is 1. The van der Waals surface area contributed by atoms with E-state index in [0.717, 1.165) is 31.9 Å². The third-order valence-electron chi connectivity index (χ3n) is 3.34. The van der Waals surface area contributed by atoms with E-state index in [9.17, 15) is 4.79 Å². The quantitative estimate of drug-likeness (QED) is 0.353. The van der Waals surface area contributed by atoms with Crippen molar-refractivity contribution in [3.05, 3.63) is 35.9 Å². The van der Waals surface area contributed by atoms with E-state index < -0.39 is 0 Å². The standard InChI is InChI=1S/C18H30N4O/c1-3-5-9-13-21-18(19-4-2)22-15-10-14-20-17(23)16-11-7-6-8-12-16/h6-8,11-12H,3-5,9-10,13-15H2,1-2H3,(H,20,23)(H2,19,21,22). The van der Waals surface area contributed by atoms with Crippen LogP contribution < -0.4 is 16.0 Å². The van der Waals surface area contributed by atoms with E-state index >= 15 is 0 Å². The van der Waals surface area contributed by atoms with Gasteiger partial charge in [0.05, 0.1) is 0 Å². The molecule has 1 aromatic rings. The number of carbonyl (C=O) groups excluding carboxylic acids is 1. The summed E-state index contributed by atoms with van der Waals surface area (Å²) >= 11 is 0. The molecule has 1 amide bonds. The second kappa shape index (κ2) is 12.5. The summed E-state index contributed by atoms with van der Waals surface area (Å²) in [6.45, 7) is 7.38.